The van der Waals surface area contributed by atoms with E-state index < -0.39 is 0 Å². The molecule has 0 aliphatic carbocycles. The molecular formula is C25H30N8O. The summed E-state index contributed by atoms with van der Waals surface area (Å²) in [5, 5.41) is 23.1. The van der Waals surface area contributed by atoms with E-state index in [1.807, 2.05) is 25.5 Å². The molecular weight excluding hydrogens is 428 g/mol. The number of aromatic nitrogens is 4. The standard InChI is InChI=1S/C25H30N8O/c1-30-7-8-32(24-11-17(13-26)20(12-23(24)30)18-14-28-31(2)16-18)25-21-15-27-6-3-22(21)33(29-25)19-4-9-34-10-5-19/h11-12,14,16,19,27H,3-10,15H2,1-2H3. The second-order valence-corrected chi connectivity index (χ2v) is 9.44. The molecule has 6 rings (SSSR count). The van der Waals surface area contributed by atoms with Gasteiger partial charge in [-0.05, 0) is 25.0 Å². The number of benzene rings is 1. The fourth-order valence-corrected chi connectivity index (χ4v) is 5.51. The van der Waals surface area contributed by atoms with Crippen molar-refractivity contribution >= 4 is 17.2 Å². The van der Waals surface area contributed by atoms with Crippen LogP contribution >= 0.6 is 0 Å². The van der Waals surface area contributed by atoms with Gasteiger partial charge in [0.05, 0.1) is 35.2 Å². The predicted octanol–water partition coefficient (Wildman–Crippen LogP) is 2.74. The second kappa shape index (κ2) is 8.46. The van der Waals surface area contributed by atoms with Gasteiger partial charge in [-0.1, -0.05) is 0 Å². The molecule has 0 saturated carbocycles. The summed E-state index contributed by atoms with van der Waals surface area (Å²) in [6, 6.07) is 6.99. The predicted molar refractivity (Wildman–Crippen MR) is 130 cm³/mol. The lowest BCUT2D eigenvalue weighted by Gasteiger charge is -2.37. The number of aryl methyl sites for hydroxylation is 1. The Bertz CT molecular complexity index is 1260. The number of rotatable bonds is 3. The van der Waals surface area contributed by atoms with Crippen LogP contribution in [0.2, 0.25) is 0 Å². The fraction of sp³-hybridized carbons (Fsp3) is 0.480. The number of ether oxygens (including phenoxy) is 1. The molecule has 0 unspecified atom stereocenters. The maximum absolute atomic E-state index is 10.0. The van der Waals surface area contributed by atoms with Crippen molar-refractivity contribution in [2.45, 2.75) is 31.8 Å². The number of hydrogen-bond donors (Lipinski definition) is 1. The van der Waals surface area contributed by atoms with Crippen LogP contribution < -0.4 is 15.1 Å². The molecule has 1 fully saturated rings. The molecule has 5 heterocycles. The Labute approximate surface area is 199 Å². The van der Waals surface area contributed by atoms with E-state index in [0.29, 0.717) is 11.6 Å². The van der Waals surface area contributed by atoms with Gasteiger partial charge in [0.2, 0.25) is 0 Å². The molecule has 0 bridgehead atoms. The van der Waals surface area contributed by atoms with E-state index in [2.05, 4.69) is 44.1 Å². The monoisotopic (exact) mass is 458 g/mol. The van der Waals surface area contributed by atoms with Gasteiger partial charge in [0.25, 0.3) is 0 Å². The van der Waals surface area contributed by atoms with E-state index in [0.717, 1.165) is 87.0 Å². The first kappa shape index (κ1) is 21.2. The van der Waals surface area contributed by atoms with Crippen LogP contribution in [-0.2, 0) is 24.8 Å². The minimum atomic E-state index is 0.393. The zero-order valence-electron chi connectivity index (χ0n) is 19.8. The molecule has 1 N–H and O–H groups in total. The van der Waals surface area contributed by atoms with Gasteiger partial charge >= 0.3 is 0 Å². The minimum Gasteiger partial charge on any atom is -0.381 e. The Kier molecular flexibility index (Phi) is 5.27. The summed E-state index contributed by atoms with van der Waals surface area (Å²) in [4.78, 5) is 4.60. The van der Waals surface area contributed by atoms with Crippen LogP contribution in [-0.4, -0.2) is 59.5 Å². The number of anilines is 3. The van der Waals surface area contributed by atoms with E-state index in [4.69, 9.17) is 9.84 Å². The molecule has 9 nitrogen and oxygen atoms in total. The molecule has 3 aliphatic heterocycles. The maximum Gasteiger partial charge on any atom is 0.159 e. The summed E-state index contributed by atoms with van der Waals surface area (Å²) in [5.74, 6) is 1.03. The first-order chi connectivity index (χ1) is 16.6. The molecule has 34 heavy (non-hydrogen) atoms. The Hall–Kier alpha value is -3.35. The van der Waals surface area contributed by atoms with E-state index in [1.54, 1.807) is 4.68 Å². The lowest BCUT2D eigenvalue weighted by Crippen LogP contribution is -2.37. The number of likely N-dealkylation sites (N-methyl/N-ethyl adjacent to an activating group) is 1. The molecule has 0 spiro atoms. The van der Waals surface area contributed by atoms with Gasteiger partial charge in [-0.15, -0.1) is 0 Å². The van der Waals surface area contributed by atoms with Crippen LogP contribution in [0.15, 0.2) is 24.5 Å². The van der Waals surface area contributed by atoms with Gasteiger partial charge in [0.15, 0.2) is 5.82 Å². The summed E-state index contributed by atoms with van der Waals surface area (Å²) < 4.78 is 9.68. The average Bonchev–Trinajstić information content (AvgIpc) is 3.48. The molecule has 9 heteroatoms. The molecule has 1 aromatic carbocycles. The van der Waals surface area contributed by atoms with Crippen LogP contribution in [0.4, 0.5) is 17.2 Å². The molecule has 3 aliphatic rings. The zero-order chi connectivity index (χ0) is 23.2. The third-order valence-electron chi connectivity index (χ3n) is 7.34. The third kappa shape index (κ3) is 3.45. The van der Waals surface area contributed by atoms with Crippen LogP contribution in [0.3, 0.4) is 0 Å². The smallest absolute Gasteiger partial charge is 0.159 e. The van der Waals surface area contributed by atoms with Crippen molar-refractivity contribution in [1.82, 2.24) is 24.9 Å². The number of nitrogens with zero attached hydrogens (tertiary/aromatic N) is 7. The van der Waals surface area contributed by atoms with Gasteiger partial charge in [-0.25, -0.2) is 0 Å². The van der Waals surface area contributed by atoms with Gasteiger partial charge in [0.1, 0.15) is 0 Å². The minimum absolute atomic E-state index is 0.393. The topological polar surface area (TPSA) is 87.2 Å². The molecule has 0 radical (unpaired) electrons. The largest absolute Gasteiger partial charge is 0.381 e. The van der Waals surface area contributed by atoms with E-state index in [9.17, 15) is 5.26 Å². The SMILES string of the molecule is CN1CCN(c2nn(C3CCOCC3)c3c2CNCC3)c2cc(C#N)c(-c3cnn(C)c3)cc21. The van der Waals surface area contributed by atoms with Crippen molar-refractivity contribution in [2.24, 2.45) is 7.05 Å². The molecule has 0 atom stereocenters. The van der Waals surface area contributed by atoms with E-state index >= 15 is 0 Å². The first-order valence-electron chi connectivity index (χ1n) is 12.1. The van der Waals surface area contributed by atoms with Crippen LogP contribution in [0.1, 0.15) is 35.7 Å². The number of hydrogen-bond acceptors (Lipinski definition) is 7. The van der Waals surface area contributed by atoms with Crippen molar-refractivity contribution < 1.29 is 4.74 Å². The highest BCUT2D eigenvalue weighted by atomic mass is 16.5. The summed E-state index contributed by atoms with van der Waals surface area (Å²) in [6.07, 6.45) is 6.78. The van der Waals surface area contributed by atoms with Crippen molar-refractivity contribution in [3.63, 3.8) is 0 Å². The molecule has 3 aromatic rings. The number of nitriles is 1. The van der Waals surface area contributed by atoms with Crippen molar-refractivity contribution in [1.29, 1.82) is 5.26 Å². The van der Waals surface area contributed by atoms with Crippen molar-refractivity contribution in [2.75, 3.05) is 49.7 Å². The van der Waals surface area contributed by atoms with Crippen LogP contribution in [0.5, 0.6) is 0 Å². The normalized spacial score (nSPS) is 18.5. The Balaban J connectivity index is 1.47. The Morgan fingerprint density at radius 3 is 2.76 bits per heavy atom. The quantitative estimate of drug-likeness (QED) is 0.646. The second-order valence-electron chi connectivity index (χ2n) is 9.44. The number of fused-ring (bicyclic) bond motifs is 2. The summed E-state index contributed by atoms with van der Waals surface area (Å²) in [7, 11) is 4.01. The van der Waals surface area contributed by atoms with Gasteiger partial charge in [-0.2, -0.15) is 15.5 Å². The van der Waals surface area contributed by atoms with Crippen molar-refractivity contribution in [3.05, 3.63) is 41.3 Å². The first-order valence-corrected chi connectivity index (χ1v) is 12.1. The molecule has 0 amide bonds. The van der Waals surface area contributed by atoms with Gasteiger partial charge in [-0.3, -0.25) is 9.36 Å². The summed E-state index contributed by atoms with van der Waals surface area (Å²) in [5.41, 5.74) is 7.34. The van der Waals surface area contributed by atoms with Crippen molar-refractivity contribution in [3.8, 4) is 17.2 Å². The summed E-state index contributed by atoms with van der Waals surface area (Å²) in [6.45, 7) is 5.12. The lowest BCUT2D eigenvalue weighted by atomic mass is 9.98. The molecule has 1 saturated heterocycles. The molecule has 2 aromatic heterocycles. The molecule has 176 valence electrons. The highest BCUT2D eigenvalue weighted by Gasteiger charge is 2.32. The number of nitrogens with one attached hydrogen (secondary N) is 1. The van der Waals surface area contributed by atoms with E-state index in [-0.39, 0.29) is 0 Å². The van der Waals surface area contributed by atoms with Crippen LogP contribution in [0, 0.1) is 11.3 Å². The zero-order valence-corrected chi connectivity index (χ0v) is 19.8. The van der Waals surface area contributed by atoms with Crippen LogP contribution in [0.25, 0.3) is 11.1 Å². The highest BCUT2D eigenvalue weighted by molar-refractivity contribution is 5.86. The maximum atomic E-state index is 10.0. The highest BCUT2D eigenvalue weighted by Crippen LogP contribution is 2.43. The Morgan fingerprint density at radius 1 is 1.15 bits per heavy atom. The third-order valence-corrected chi connectivity index (χ3v) is 7.34. The van der Waals surface area contributed by atoms with E-state index in [1.165, 1.54) is 11.3 Å². The van der Waals surface area contributed by atoms with Gasteiger partial charge < -0.3 is 19.9 Å². The fourth-order valence-electron chi connectivity index (χ4n) is 5.51. The van der Waals surface area contributed by atoms with Gasteiger partial charge in [0, 0.05) is 88.5 Å². The summed E-state index contributed by atoms with van der Waals surface area (Å²) >= 11 is 0. The average molecular weight is 459 g/mol. The Morgan fingerprint density at radius 2 is 2.00 bits per heavy atom. The lowest BCUT2D eigenvalue weighted by molar-refractivity contribution is 0.0653.